The number of carbonyl (C=O) groups is 2. The van der Waals surface area contributed by atoms with E-state index in [4.69, 9.17) is 22.1 Å². The van der Waals surface area contributed by atoms with Gasteiger partial charge in [-0.05, 0) is 24.3 Å². The molecule has 0 spiro atoms. The van der Waals surface area contributed by atoms with Gasteiger partial charge in [-0.1, -0.05) is 38.4 Å². The van der Waals surface area contributed by atoms with Crippen molar-refractivity contribution >= 4 is 23.4 Å². The van der Waals surface area contributed by atoms with Crippen molar-refractivity contribution in [2.45, 2.75) is 45.1 Å². The van der Waals surface area contributed by atoms with Crippen LogP contribution in [0.4, 0.5) is 0 Å². The molecule has 0 aliphatic carbocycles. The van der Waals surface area contributed by atoms with Crippen LogP contribution in [0, 0.1) is 5.92 Å². The number of primary amides is 1. The van der Waals surface area contributed by atoms with Gasteiger partial charge in [0, 0.05) is 48.0 Å². The summed E-state index contributed by atoms with van der Waals surface area (Å²) in [6.07, 6.45) is 0.504. The first-order chi connectivity index (χ1) is 13.6. The van der Waals surface area contributed by atoms with E-state index in [9.17, 15) is 9.59 Å². The summed E-state index contributed by atoms with van der Waals surface area (Å²) in [7, 11) is 0. The summed E-state index contributed by atoms with van der Waals surface area (Å²) in [5.74, 6) is -0.143. The van der Waals surface area contributed by atoms with Gasteiger partial charge in [0.25, 0.3) is 5.91 Å². The number of benzene rings is 1. The number of nitrogens with two attached hydrogens (primary N) is 1. The van der Waals surface area contributed by atoms with Crippen molar-refractivity contribution in [3.05, 3.63) is 46.7 Å². The molecule has 1 aliphatic heterocycles. The van der Waals surface area contributed by atoms with Crippen LogP contribution in [0.5, 0.6) is 5.75 Å². The summed E-state index contributed by atoms with van der Waals surface area (Å²) in [5.41, 5.74) is 6.60. The fourth-order valence-electron chi connectivity index (χ4n) is 3.50. The zero-order valence-electron chi connectivity index (χ0n) is 16.9. The van der Waals surface area contributed by atoms with Gasteiger partial charge in [-0.3, -0.25) is 14.7 Å². The van der Waals surface area contributed by atoms with E-state index < -0.39 is 5.91 Å². The number of aromatic amines is 1. The van der Waals surface area contributed by atoms with Crippen molar-refractivity contribution in [3.8, 4) is 5.75 Å². The summed E-state index contributed by atoms with van der Waals surface area (Å²) in [6.45, 7) is 7.05. The Bertz CT molecular complexity index is 890. The van der Waals surface area contributed by atoms with Gasteiger partial charge in [-0.15, -0.1) is 0 Å². The molecule has 1 saturated heterocycles. The van der Waals surface area contributed by atoms with E-state index in [-0.39, 0.29) is 29.8 Å². The molecule has 2 heterocycles. The zero-order chi connectivity index (χ0) is 21.2. The molecule has 8 heteroatoms. The highest BCUT2D eigenvalue weighted by Gasteiger charge is 2.35. The molecular formula is C21H27ClN4O3. The van der Waals surface area contributed by atoms with E-state index in [1.165, 1.54) is 0 Å². The number of hydrogen-bond donors (Lipinski definition) is 2. The van der Waals surface area contributed by atoms with Crippen LogP contribution in [0.15, 0.2) is 30.3 Å². The number of halogens is 1. The summed E-state index contributed by atoms with van der Waals surface area (Å²) < 4.78 is 6.08. The number of hydrogen-bond acceptors (Lipinski definition) is 4. The SMILES string of the molecule is CC(C)(C)c1cc(C(=O)N2CC[C@H](Oc3cccc(Cl)c3)[C@@H](CC(N)=O)C2)n[nH]1. The van der Waals surface area contributed by atoms with Gasteiger partial charge in [0.15, 0.2) is 0 Å². The van der Waals surface area contributed by atoms with Crippen molar-refractivity contribution < 1.29 is 14.3 Å². The van der Waals surface area contributed by atoms with E-state index in [0.29, 0.717) is 36.0 Å². The lowest BCUT2D eigenvalue weighted by molar-refractivity contribution is -0.120. The first-order valence-electron chi connectivity index (χ1n) is 9.69. The van der Waals surface area contributed by atoms with Crippen molar-refractivity contribution in [1.82, 2.24) is 15.1 Å². The monoisotopic (exact) mass is 418 g/mol. The average molecular weight is 419 g/mol. The van der Waals surface area contributed by atoms with Crippen molar-refractivity contribution in [1.29, 1.82) is 0 Å². The maximum absolute atomic E-state index is 12.9. The Kier molecular flexibility index (Phi) is 6.17. The number of nitrogens with one attached hydrogen (secondary N) is 1. The van der Waals surface area contributed by atoms with Gasteiger partial charge in [0.05, 0.1) is 0 Å². The minimum Gasteiger partial charge on any atom is -0.490 e. The topological polar surface area (TPSA) is 101 Å². The van der Waals surface area contributed by atoms with Crippen LogP contribution in [0.2, 0.25) is 5.02 Å². The molecule has 3 rings (SSSR count). The molecule has 2 atom stereocenters. The summed E-state index contributed by atoms with van der Waals surface area (Å²) in [5, 5.41) is 7.71. The third kappa shape index (κ3) is 5.29. The average Bonchev–Trinajstić information content (AvgIpc) is 3.13. The Hall–Kier alpha value is -2.54. The smallest absolute Gasteiger partial charge is 0.274 e. The number of amides is 2. The first kappa shape index (κ1) is 21.2. The number of piperidine rings is 1. The molecule has 2 amide bonds. The fourth-order valence-corrected chi connectivity index (χ4v) is 3.68. The standard InChI is InChI=1S/C21H27ClN4O3/c1-21(2,3)18-11-16(24-25-18)20(28)26-8-7-17(13(12-26)9-19(23)27)29-15-6-4-5-14(22)10-15/h4-6,10-11,13,17H,7-9,12H2,1-3H3,(H2,23,27)(H,24,25)/t13-,17-/m0/s1. The minimum absolute atomic E-state index is 0.127. The highest BCUT2D eigenvalue weighted by atomic mass is 35.5. The molecule has 156 valence electrons. The van der Waals surface area contributed by atoms with E-state index >= 15 is 0 Å². The largest absolute Gasteiger partial charge is 0.490 e. The Balaban J connectivity index is 1.73. The zero-order valence-corrected chi connectivity index (χ0v) is 17.7. The predicted octanol–water partition coefficient (Wildman–Crippen LogP) is 3.15. The van der Waals surface area contributed by atoms with Gasteiger partial charge < -0.3 is 15.4 Å². The number of ether oxygens (including phenoxy) is 1. The molecule has 1 aromatic carbocycles. The molecule has 0 radical (unpaired) electrons. The van der Waals surface area contributed by atoms with Crippen LogP contribution in [0.25, 0.3) is 0 Å². The third-order valence-electron chi connectivity index (χ3n) is 5.10. The summed E-state index contributed by atoms with van der Waals surface area (Å²) in [4.78, 5) is 26.3. The Morgan fingerprint density at radius 1 is 1.34 bits per heavy atom. The highest BCUT2D eigenvalue weighted by molar-refractivity contribution is 6.30. The first-order valence-corrected chi connectivity index (χ1v) is 10.1. The predicted molar refractivity (Wildman–Crippen MR) is 111 cm³/mol. The lowest BCUT2D eigenvalue weighted by Crippen LogP contribution is -2.49. The summed E-state index contributed by atoms with van der Waals surface area (Å²) in [6, 6.07) is 8.93. The molecule has 2 aromatic rings. The molecule has 0 saturated carbocycles. The second-order valence-electron chi connectivity index (χ2n) is 8.50. The molecule has 1 aliphatic rings. The van der Waals surface area contributed by atoms with Crippen LogP contribution in [0.1, 0.15) is 49.8 Å². The van der Waals surface area contributed by atoms with E-state index in [1.54, 1.807) is 23.1 Å². The van der Waals surface area contributed by atoms with Crippen LogP contribution < -0.4 is 10.5 Å². The lowest BCUT2D eigenvalue weighted by atomic mass is 9.90. The Morgan fingerprint density at radius 3 is 2.72 bits per heavy atom. The highest BCUT2D eigenvalue weighted by Crippen LogP contribution is 2.28. The van der Waals surface area contributed by atoms with Crippen LogP contribution in [-0.2, 0) is 10.2 Å². The maximum atomic E-state index is 12.9. The quantitative estimate of drug-likeness (QED) is 0.778. The lowest BCUT2D eigenvalue weighted by Gasteiger charge is -2.38. The van der Waals surface area contributed by atoms with Crippen molar-refractivity contribution in [2.24, 2.45) is 11.7 Å². The van der Waals surface area contributed by atoms with Gasteiger partial charge in [0.1, 0.15) is 17.5 Å². The number of H-pyrrole nitrogens is 1. The normalized spacial score (nSPS) is 19.8. The Morgan fingerprint density at radius 2 is 2.10 bits per heavy atom. The summed E-state index contributed by atoms with van der Waals surface area (Å²) >= 11 is 6.03. The molecule has 1 aromatic heterocycles. The maximum Gasteiger partial charge on any atom is 0.274 e. The molecule has 0 bridgehead atoms. The number of rotatable bonds is 5. The minimum atomic E-state index is -0.418. The molecule has 1 fully saturated rings. The third-order valence-corrected chi connectivity index (χ3v) is 5.34. The fraction of sp³-hybridized carbons (Fsp3) is 0.476. The second-order valence-corrected chi connectivity index (χ2v) is 8.94. The van der Waals surface area contributed by atoms with Crippen molar-refractivity contribution in [3.63, 3.8) is 0 Å². The van der Waals surface area contributed by atoms with Gasteiger partial charge in [-0.2, -0.15) is 5.10 Å². The number of carbonyl (C=O) groups excluding carboxylic acids is 2. The van der Waals surface area contributed by atoms with Crippen LogP contribution >= 0.6 is 11.6 Å². The number of nitrogens with zero attached hydrogens (tertiary/aromatic N) is 2. The van der Waals surface area contributed by atoms with Gasteiger partial charge >= 0.3 is 0 Å². The van der Waals surface area contributed by atoms with Gasteiger partial charge in [-0.25, -0.2) is 0 Å². The number of aromatic nitrogens is 2. The van der Waals surface area contributed by atoms with E-state index in [1.807, 2.05) is 12.1 Å². The van der Waals surface area contributed by atoms with Crippen molar-refractivity contribution in [2.75, 3.05) is 13.1 Å². The molecule has 29 heavy (non-hydrogen) atoms. The second kappa shape index (κ2) is 8.45. The molecule has 3 N–H and O–H groups in total. The van der Waals surface area contributed by atoms with E-state index in [0.717, 1.165) is 5.69 Å². The van der Waals surface area contributed by atoms with Crippen LogP contribution in [-0.4, -0.2) is 46.1 Å². The molecule has 0 unspecified atom stereocenters. The molecular weight excluding hydrogens is 392 g/mol. The molecule has 7 nitrogen and oxygen atoms in total. The number of likely N-dealkylation sites (tertiary alicyclic amines) is 1. The van der Waals surface area contributed by atoms with Gasteiger partial charge in [0.2, 0.25) is 5.91 Å². The van der Waals surface area contributed by atoms with E-state index in [2.05, 4.69) is 31.0 Å². The Labute approximate surface area is 175 Å². The van der Waals surface area contributed by atoms with Crippen LogP contribution in [0.3, 0.4) is 0 Å².